The molecular weight excluding hydrogens is 418 g/mol. The highest BCUT2D eigenvalue weighted by Crippen LogP contribution is 2.18. The Hall–Kier alpha value is -3.50. The van der Waals surface area contributed by atoms with Gasteiger partial charge in [-0.2, -0.15) is 0 Å². The zero-order valence-electron chi connectivity index (χ0n) is 18.7. The quantitative estimate of drug-likeness (QED) is 0.569. The zero-order chi connectivity index (χ0) is 23.6. The van der Waals surface area contributed by atoms with Crippen LogP contribution in [-0.4, -0.2) is 75.0 Å². The van der Waals surface area contributed by atoms with Crippen molar-refractivity contribution in [2.24, 2.45) is 20.0 Å². The summed E-state index contributed by atoms with van der Waals surface area (Å²) in [5.41, 5.74) is -0.945. The van der Waals surface area contributed by atoms with Crippen molar-refractivity contribution in [3.63, 3.8) is 0 Å². The fourth-order valence-corrected chi connectivity index (χ4v) is 3.80. The van der Waals surface area contributed by atoms with Gasteiger partial charge >= 0.3 is 11.7 Å². The van der Waals surface area contributed by atoms with Crippen molar-refractivity contribution >= 4 is 28.8 Å². The first-order valence-corrected chi connectivity index (χ1v) is 10.4. The number of fused-ring (bicyclic) bond motifs is 1. The normalized spacial score (nSPS) is 16.1. The number of ether oxygens (including phenoxy) is 1. The molecule has 0 aromatic carbocycles. The molecule has 3 rings (SSSR count). The first kappa shape index (κ1) is 23.2. The maximum Gasteiger partial charge on any atom is 0.332 e. The molecule has 2 amide bonds. The molecule has 1 fully saturated rings. The van der Waals surface area contributed by atoms with E-state index in [4.69, 9.17) is 4.74 Å². The molecule has 1 unspecified atom stereocenters. The molecule has 11 nitrogen and oxygen atoms in total. The molecule has 0 radical (unpaired) electrons. The van der Waals surface area contributed by atoms with Crippen molar-refractivity contribution < 1.29 is 19.1 Å². The lowest BCUT2D eigenvalue weighted by Gasteiger charge is -2.32. The largest absolute Gasteiger partial charge is 0.466 e. The van der Waals surface area contributed by atoms with E-state index in [9.17, 15) is 24.0 Å². The van der Waals surface area contributed by atoms with Crippen molar-refractivity contribution in [1.82, 2.24) is 23.9 Å². The molecule has 0 spiro atoms. The minimum Gasteiger partial charge on any atom is -0.466 e. The molecular formula is C21H27N5O6. The van der Waals surface area contributed by atoms with Crippen LogP contribution >= 0.6 is 0 Å². The fraction of sp³-hybridized carbons (Fsp3) is 0.524. The third-order valence-electron chi connectivity index (χ3n) is 5.63. The summed E-state index contributed by atoms with van der Waals surface area (Å²) in [7, 11) is 4.31. The molecule has 1 saturated heterocycles. The van der Waals surface area contributed by atoms with Crippen LogP contribution in [-0.2, 0) is 28.4 Å². The van der Waals surface area contributed by atoms with E-state index in [1.807, 2.05) is 0 Å². The van der Waals surface area contributed by atoms with Gasteiger partial charge in [-0.05, 0) is 31.9 Å². The average molecular weight is 445 g/mol. The number of pyridine rings is 1. The topological polar surface area (TPSA) is 124 Å². The number of likely N-dealkylation sites (tertiary alicyclic amines) is 1. The lowest BCUT2D eigenvalue weighted by Crippen LogP contribution is -2.47. The Labute approximate surface area is 184 Å². The summed E-state index contributed by atoms with van der Waals surface area (Å²) in [6.07, 6.45) is 1.35. The van der Waals surface area contributed by atoms with Crippen molar-refractivity contribution in [3.8, 4) is 0 Å². The van der Waals surface area contributed by atoms with E-state index in [1.54, 1.807) is 11.8 Å². The second kappa shape index (κ2) is 9.33. The van der Waals surface area contributed by atoms with Gasteiger partial charge in [0.15, 0.2) is 0 Å². The zero-order valence-corrected chi connectivity index (χ0v) is 18.7. The SMILES string of the molecule is CCOC(=O)C1CCCN(C(=O)CN(C)C(=O)c2ccc3c(=O)n(C)c(=O)n(C)c3n2)C1. The van der Waals surface area contributed by atoms with Crippen molar-refractivity contribution in [1.29, 1.82) is 0 Å². The Morgan fingerprint density at radius 3 is 2.59 bits per heavy atom. The average Bonchev–Trinajstić information content (AvgIpc) is 2.80. The Morgan fingerprint density at radius 2 is 1.91 bits per heavy atom. The van der Waals surface area contributed by atoms with Gasteiger partial charge < -0.3 is 14.5 Å². The summed E-state index contributed by atoms with van der Waals surface area (Å²) in [6, 6.07) is 2.84. The van der Waals surface area contributed by atoms with Crippen LogP contribution in [0.25, 0.3) is 11.0 Å². The van der Waals surface area contributed by atoms with E-state index in [1.165, 1.54) is 42.7 Å². The maximum absolute atomic E-state index is 12.9. The molecule has 0 saturated carbocycles. The predicted molar refractivity (Wildman–Crippen MR) is 115 cm³/mol. The Bertz CT molecular complexity index is 1180. The highest BCUT2D eigenvalue weighted by atomic mass is 16.5. The highest BCUT2D eigenvalue weighted by Gasteiger charge is 2.30. The number of piperidine rings is 1. The van der Waals surface area contributed by atoms with Crippen LogP contribution in [0, 0.1) is 5.92 Å². The van der Waals surface area contributed by atoms with Gasteiger partial charge in [-0.1, -0.05) is 0 Å². The van der Waals surface area contributed by atoms with Gasteiger partial charge in [0.05, 0.1) is 24.5 Å². The number of rotatable bonds is 5. The van der Waals surface area contributed by atoms with E-state index in [-0.39, 0.29) is 54.2 Å². The van der Waals surface area contributed by atoms with Gasteiger partial charge in [0, 0.05) is 34.2 Å². The van der Waals surface area contributed by atoms with Gasteiger partial charge in [0.2, 0.25) is 5.91 Å². The summed E-state index contributed by atoms with van der Waals surface area (Å²) in [5, 5.41) is 0.211. The first-order valence-electron chi connectivity index (χ1n) is 10.4. The van der Waals surface area contributed by atoms with Gasteiger partial charge in [-0.15, -0.1) is 0 Å². The molecule has 2 aromatic rings. The van der Waals surface area contributed by atoms with Crippen LogP contribution in [0.4, 0.5) is 0 Å². The second-order valence-corrected chi connectivity index (χ2v) is 7.87. The van der Waals surface area contributed by atoms with Gasteiger partial charge in [-0.3, -0.25) is 28.3 Å². The summed E-state index contributed by atoms with van der Waals surface area (Å²) in [4.78, 5) is 69.0. The number of nitrogens with zero attached hydrogens (tertiary/aromatic N) is 5. The summed E-state index contributed by atoms with van der Waals surface area (Å²) < 4.78 is 7.22. The Kier molecular flexibility index (Phi) is 6.75. The molecule has 0 bridgehead atoms. The number of hydrogen-bond donors (Lipinski definition) is 0. The van der Waals surface area contributed by atoms with Gasteiger partial charge in [0.1, 0.15) is 11.3 Å². The Morgan fingerprint density at radius 1 is 1.19 bits per heavy atom. The predicted octanol–water partition coefficient (Wildman–Crippen LogP) is -0.494. The first-order chi connectivity index (χ1) is 15.1. The number of aryl methyl sites for hydroxylation is 1. The number of aromatic nitrogens is 3. The minimum atomic E-state index is -0.551. The Balaban J connectivity index is 1.75. The lowest BCUT2D eigenvalue weighted by molar-refractivity contribution is -0.151. The summed E-state index contributed by atoms with van der Waals surface area (Å²) in [6.45, 7) is 2.61. The monoisotopic (exact) mass is 445 g/mol. The number of likely N-dealkylation sites (N-methyl/N-ethyl adjacent to an activating group) is 1. The molecule has 3 heterocycles. The van der Waals surface area contributed by atoms with Crippen LogP contribution in [0.3, 0.4) is 0 Å². The second-order valence-electron chi connectivity index (χ2n) is 7.87. The van der Waals surface area contributed by atoms with Crippen LogP contribution in [0.1, 0.15) is 30.3 Å². The lowest BCUT2D eigenvalue weighted by atomic mass is 9.98. The van der Waals surface area contributed by atoms with Crippen molar-refractivity contribution in [3.05, 3.63) is 38.7 Å². The third kappa shape index (κ3) is 4.41. The van der Waals surface area contributed by atoms with E-state index in [2.05, 4.69) is 4.98 Å². The highest BCUT2D eigenvalue weighted by molar-refractivity contribution is 5.96. The number of esters is 1. The number of amides is 2. The molecule has 1 aliphatic heterocycles. The number of hydrogen-bond acceptors (Lipinski definition) is 7. The summed E-state index contributed by atoms with van der Waals surface area (Å²) in [5.74, 6) is -1.48. The number of carbonyl (C=O) groups is 3. The van der Waals surface area contributed by atoms with E-state index in [0.29, 0.717) is 19.4 Å². The standard InChI is InChI=1S/C21H27N5O6/c1-5-32-20(30)13-7-6-10-26(11-13)16(27)12-23(2)19(29)15-9-8-14-17(22-15)24(3)21(31)25(4)18(14)28/h8-9,13H,5-7,10-12H2,1-4H3. The van der Waals surface area contributed by atoms with Crippen molar-refractivity contribution in [2.45, 2.75) is 19.8 Å². The van der Waals surface area contributed by atoms with Gasteiger partial charge in [0.25, 0.3) is 11.5 Å². The minimum absolute atomic E-state index is 0.0131. The fourth-order valence-electron chi connectivity index (χ4n) is 3.80. The van der Waals surface area contributed by atoms with Crippen LogP contribution < -0.4 is 11.2 Å². The molecule has 1 aliphatic rings. The van der Waals surface area contributed by atoms with Crippen LogP contribution in [0.2, 0.25) is 0 Å². The molecule has 0 N–H and O–H groups in total. The molecule has 32 heavy (non-hydrogen) atoms. The third-order valence-corrected chi connectivity index (χ3v) is 5.63. The maximum atomic E-state index is 12.9. The van der Waals surface area contributed by atoms with E-state index in [0.717, 1.165) is 4.57 Å². The molecule has 11 heteroatoms. The van der Waals surface area contributed by atoms with E-state index >= 15 is 0 Å². The van der Waals surface area contributed by atoms with Crippen LogP contribution in [0.5, 0.6) is 0 Å². The molecule has 2 aromatic heterocycles. The molecule has 1 atom stereocenters. The van der Waals surface area contributed by atoms with Crippen LogP contribution in [0.15, 0.2) is 21.7 Å². The van der Waals surface area contributed by atoms with E-state index < -0.39 is 17.2 Å². The van der Waals surface area contributed by atoms with Crippen molar-refractivity contribution in [2.75, 3.05) is 33.3 Å². The smallest absolute Gasteiger partial charge is 0.332 e. The number of carbonyl (C=O) groups excluding carboxylic acids is 3. The van der Waals surface area contributed by atoms with Gasteiger partial charge in [-0.25, -0.2) is 9.78 Å². The summed E-state index contributed by atoms with van der Waals surface area (Å²) >= 11 is 0. The molecule has 0 aliphatic carbocycles. The molecule has 172 valence electrons.